The molecule has 41 heavy (non-hydrogen) atoms. The van der Waals surface area contributed by atoms with E-state index in [9.17, 15) is 14.0 Å². The van der Waals surface area contributed by atoms with Crippen LogP contribution in [0, 0.1) is 18.6 Å². The summed E-state index contributed by atoms with van der Waals surface area (Å²) in [7, 11) is 1.81. The number of fused-ring (bicyclic) bond motifs is 1. The minimum absolute atomic E-state index is 0.0663. The van der Waals surface area contributed by atoms with Gasteiger partial charge in [0, 0.05) is 53.7 Å². The van der Waals surface area contributed by atoms with Crippen LogP contribution in [0.5, 0.6) is 11.5 Å². The number of pyridine rings is 2. The fourth-order valence-electron chi connectivity index (χ4n) is 4.50. The number of aryl methyl sites for hydroxylation is 2. The molecular weight excluding hydrogens is 530 g/mol. The van der Waals surface area contributed by atoms with E-state index in [2.05, 4.69) is 15.5 Å². The van der Waals surface area contributed by atoms with Gasteiger partial charge in [-0.05, 0) is 67.6 Å². The standard InChI is InChI=1S/C30H22F2N6O3/c1-18-3-9-24(30(40)38(18)23-7-4-21(31)5-8-23)29(39)35-22-6-10-27(25(32)14-22)41-28-13-19(20-15-34-36(2)16-20)17-37-26(28)11-12-33-37/h3-17H,1-2H3,(H,35,39). The zero-order valence-corrected chi connectivity index (χ0v) is 21.9. The fourth-order valence-corrected chi connectivity index (χ4v) is 4.50. The first-order valence-corrected chi connectivity index (χ1v) is 12.5. The van der Waals surface area contributed by atoms with E-state index < -0.39 is 23.1 Å². The maximum absolute atomic E-state index is 15.2. The lowest BCUT2D eigenvalue weighted by Crippen LogP contribution is -2.29. The highest BCUT2D eigenvalue weighted by atomic mass is 19.1. The van der Waals surface area contributed by atoms with Crippen LogP contribution in [0.25, 0.3) is 22.3 Å². The molecule has 0 unspecified atom stereocenters. The maximum Gasteiger partial charge on any atom is 0.268 e. The Balaban J connectivity index is 1.26. The van der Waals surface area contributed by atoms with Crippen molar-refractivity contribution < 1.29 is 18.3 Å². The van der Waals surface area contributed by atoms with Gasteiger partial charge in [0.15, 0.2) is 17.3 Å². The van der Waals surface area contributed by atoms with Crippen molar-refractivity contribution in [1.82, 2.24) is 24.0 Å². The first-order valence-electron chi connectivity index (χ1n) is 12.5. The summed E-state index contributed by atoms with van der Waals surface area (Å²) < 4.78 is 39.1. The number of nitrogens with one attached hydrogen (secondary N) is 1. The van der Waals surface area contributed by atoms with Crippen LogP contribution in [0.4, 0.5) is 14.5 Å². The molecule has 0 bridgehead atoms. The Labute approximate surface area is 231 Å². The summed E-state index contributed by atoms with van der Waals surface area (Å²) in [5, 5.41) is 11.0. The first kappa shape index (κ1) is 25.7. The van der Waals surface area contributed by atoms with E-state index in [4.69, 9.17) is 4.74 Å². The molecule has 0 fully saturated rings. The Kier molecular flexibility index (Phi) is 6.38. The highest BCUT2D eigenvalue weighted by molar-refractivity contribution is 6.04. The van der Waals surface area contributed by atoms with Gasteiger partial charge in [0.2, 0.25) is 0 Å². The average molecular weight is 553 g/mol. The van der Waals surface area contributed by atoms with E-state index in [-0.39, 0.29) is 17.0 Å². The molecule has 0 radical (unpaired) electrons. The molecule has 204 valence electrons. The topological polar surface area (TPSA) is 95.5 Å². The average Bonchev–Trinajstić information content (AvgIpc) is 3.60. The van der Waals surface area contributed by atoms with Crippen molar-refractivity contribution in [2.75, 3.05) is 5.32 Å². The zero-order valence-electron chi connectivity index (χ0n) is 21.9. The molecule has 0 saturated heterocycles. The van der Waals surface area contributed by atoms with Crippen molar-refractivity contribution >= 4 is 17.1 Å². The van der Waals surface area contributed by atoms with E-state index in [1.165, 1.54) is 47.0 Å². The molecule has 4 heterocycles. The molecule has 9 nitrogen and oxygen atoms in total. The van der Waals surface area contributed by atoms with Gasteiger partial charge in [-0.2, -0.15) is 10.2 Å². The number of ether oxygens (including phenoxy) is 1. The number of carbonyl (C=O) groups is 1. The van der Waals surface area contributed by atoms with Gasteiger partial charge < -0.3 is 10.1 Å². The van der Waals surface area contributed by atoms with Crippen LogP contribution in [0.3, 0.4) is 0 Å². The Morgan fingerprint density at radius 3 is 2.44 bits per heavy atom. The van der Waals surface area contributed by atoms with E-state index in [0.29, 0.717) is 22.6 Å². The molecular formula is C30H22F2N6O3. The number of anilines is 1. The molecule has 0 saturated carbocycles. The smallest absolute Gasteiger partial charge is 0.268 e. The third kappa shape index (κ3) is 4.96. The lowest BCUT2D eigenvalue weighted by atomic mass is 10.1. The van der Waals surface area contributed by atoms with E-state index >= 15 is 4.39 Å². The lowest BCUT2D eigenvalue weighted by molar-refractivity contribution is 0.102. The molecule has 1 amide bonds. The van der Waals surface area contributed by atoms with Crippen molar-refractivity contribution in [2.45, 2.75) is 6.92 Å². The molecule has 0 atom stereocenters. The van der Waals surface area contributed by atoms with E-state index in [1.807, 2.05) is 19.4 Å². The first-order chi connectivity index (χ1) is 19.8. The normalized spacial score (nSPS) is 11.1. The molecule has 1 N–H and O–H groups in total. The highest BCUT2D eigenvalue weighted by Gasteiger charge is 2.17. The van der Waals surface area contributed by atoms with Crippen LogP contribution >= 0.6 is 0 Å². The van der Waals surface area contributed by atoms with Crippen molar-refractivity contribution in [3.63, 3.8) is 0 Å². The number of halogens is 2. The summed E-state index contributed by atoms with van der Waals surface area (Å²) >= 11 is 0. The molecule has 0 aliphatic rings. The third-order valence-corrected chi connectivity index (χ3v) is 6.53. The number of aromatic nitrogens is 5. The molecule has 6 aromatic rings. The Morgan fingerprint density at radius 2 is 1.71 bits per heavy atom. The van der Waals surface area contributed by atoms with Gasteiger partial charge >= 0.3 is 0 Å². The second kappa shape index (κ2) is 10.2. The van der Waals surface area contributed by atoms with Gasteiger partial charge in [-0.25, -0.2) is 13.3 Å². The molecule has 0 aliphatic carbocycles. The SMILES string of the molecule is Cc1ccc(C(=O)Nc2ccc(Oc3cc(-c4cnn(C)c4)cn4nccc34)c(F)c2)c(=O)n1-c1ccc(F)cc1. The van der Waals surface area contributed by atoms with Crippen LogP contribution in [-0.4, -0.2) is 29.9 Å². The number of carbonyl (C=O) groups excluding carboxylic acids is 1. The Morgan fingerprint density at radius 1 is 0.902 bits per heavy atom. The minimum Gasteiger partial charge on any atom is -0.452 e. The van der Waals surface area contributed by atoms with Crippen molar-refractivity contribution in [3.8, 4) is 28.3 Å². The molecule has 6 rings (SSSR count). The number of amides is 1. The van der Waals surface area contributed by atoms with Crippen molar-refractivity contribution in [2.24, 2.45) is 7.05 Å². The molecule has 0 aliphatic heterocycles. The van der Waals surface area contributed by atoms with E-state index in [1.54, 1.807) is 46.7 Å². The van der Waals surface area contributed by atoms with Crippen LogP contribution in [-0.2, 0) is 7.05 Å². The molecule has 0 spiro atoms. The predicted octanol–water partition coefficient (Wildman–Crippen LogP) is 5.52. The summed E-state index contributed by atoms with van der Waals surface area (Å²) in [6.45, 7) is 1.70. The summed E-state index contributed by atoms with van der Waals surface area (Å²) in [4.78, 5) is 26.2. The second-order valence-electron chi connectivity index (χ2n) is 9.36. The number of hydrogen-bond acceptors (Lipinski definition) is 5. The monoisotopic (exact) mass is 552 g/mol. The lowest BCUT2D eigenvalue weighted by Gasteiger charge is -2.13. The van der Waals surface area contributed by atoms with Crippen LogP contribution in [0.1, 0.15) is 16.1 Å². The third-order valence-electron chi connectivity index (χ3n) is 6.53. The summed E-state index contributed by atoms with van der Waals surface area (Å²) in [5.41, 5.74) is 2.60. The summed E-state index contributed by atoms with van der Waals surface area (Å²) in [6.07, 6.45) is 6.98. The van der Waals surface area contributed by atoms with Gasteiger partial charge in [0.1, 0.15) is 16.9 Å². The second-order valence-corrected chi connectivity index (χ2v) is 9.36. The summed E-state index contributed by atoms with van der Waals surface area (Å²) in [6, 6.07) is 15.8. The molecule has 2 aromatic carbocycles. The maximum atomic E-state index is 15.2. The van der Waals surface area contributed by atoms with Crippen molar-refractivity contribution in [3.05, 3.63) is 125 Å². The number of nitrogens with zero attached hydrogens (tertiary/aromatic N) is 5. The van der Waals surface area contributed by atoms with Crippen LogP contribution in [0.15, 0.2) is 96.3 Å². The zero-order chi connectivity index (χ0) is 28.7. The quantitative estimate of drug-likeness (QED) is 0.294. The highest BCUT2D eigenvalue weighted by Crippen LogP contribution is 2.33. The van der Waals surface area contributed by atoms with Crippen LogP contribution in [0.2, 0.25) is 0 Å². The van der Waals surface area contributed by atoms with Gasteiger partial charge in [-0.15, -0.1) is 0 Å². The Hall–Kier alpha value is -5.58. The van der Waals surface area contributed by atoms with E-state index in [0.717, 1.165) is 17.2 Å². The molecule has 4 aromatic heterocycles. The molecule has 11 heteroatoms. The number of benzene rings is 2. The fraction of sp³-hybridized carbons (Fsp3) is 0.0667. The predicted molar refractivity (Wildman–Crippen MR) is 149 cm³/mol. The van der Waals surface area contributed by atoms with Crippen LogP contribution < -0.4 is 15.6 Å². The number of rotatable bonds is 6. The number of hydrogen-bond donors (Lipinski definition) is 1. The van der Waals surface area contributed by atoms with Gasteiger partial charge in [0.25, 0.3) is 11.5 Å². The van der Waals surface area contributed by atoms with Gasteiger partial charge in [0.05, 0.1) is 12.4 Å². The summed E-state index contributed by atoms with van der Waals surface area (Å²) in [5.74, 6) is -1.58. The van der Waals surface area contributed by atoms with Crippen molar-refractivity contribution in [1.29, 1.82) is 0 Å². The minimum atomic E-state index is -0.722. The largest absolute Gasteiger partial charge is 0.452 e. The Bertz CT molecular complexity index is 1990. The van der Waals surface area contributed by atoms with Gasteiger partial charge in [-0.1, -0.05) is 0 Å². The van der Waals surface area contributed by atoms with Gasteiger partial charge in [-0.3, -0.25) is 18.8 Å².